The molecule has 2 aliphatic rings. The maximum atomic E-state index is 15.7. The molecule has 0 radical (unpaired) electrons. The molecule has 1 aromatic heterocycles. The van der Waals surface area contributed by atoms with Gasteiger partial charge in [0.1, 0.15) is 16.8 Å². The maximum Gasteiger partial charge on any atom is 0.256 e. The lowest BCUT2D eigenvalue weighted by Crippen LogP contribution is -2.34. The Bertz CT molecular complexity index is 1610. The van der Waals surface area contributed by atoms with Gasteiger partial charge < -0.3 is 30.4 Å². The number of ether oxygens (including phenoxy) is 1. The number of hydrogen-bond acceptors (Lipinski definition) is 6. The number of carbonyl (C=O) groups is 1. The van der Waals surface area contributed by atoms with E-state index in [1.54, 1.807) is 4.57 Å². The number of halogens is 1. The number of fused-ring (bicyclic) bond motifs is 3. The zero-order valence-electron chi connectivity index (χ0n) is 19.6. The Labute approximate surface area is 205 Å². The Morgan fingerprint density at radius 3 is 2.72 bits per heavy atom. The van der Waals surface area contributed by atoms with Gasteiger partial charge in [0.2, 0.25) is 5.43 Å². The number of nitrogens with zero attached hydrogens (tertiary/aromatic N) is 2. The Morgan fingerprint density at radius 1 is 1.28 bits per heavy atom. The lowest BCUT2D eigenvalue weighted by atomic mass is 10.0. The number of aromatic nitrogens is 1. The third-order valence-electron chi connectivity index (χ3n) is 6.81. The van der Waals surface area contributed by atoms with Crippen molar-refractivity contribution in [3.63, 3.8) is 0 Å². The maximum absolute atomic E-state index is 15.7. The van der Waals surface area contributed by atoms with Gasteiger partial charge in [-0.05, 0) is 42.3 Å². The number of carbonyl (C=O) groups excluding carboxylic acids is 1. The Balaban J connectivity index is 1.66. The zero-order chi connectivity index (χ0) is 25.1. The molecule has 0 saturated carbocycles. The van der Waals surface area contributed by atoms with Crippen molar-refractivity contribution >= 4 is 33.3 Å². The fourth-order valence-electron chi connectivity index (χ4n) is 5.07. The Morgan fingerprint density at radius 2 is 2.03 bits per heavy atom. The van der Waals surface area contributed by atoms with E-state index in [0.29, 0.717) is 36.5 Å². The monoisotopic (exact) mass is 488 g/mol. The molecule has 1 fully saturated rings. The van der Waals surface area contributed by atoms with Crippen molar-refractivity contribution in [1.29, 1.82) is 0 Å². The van der Waals surface area contributed by atoms with Crippen molar-refractivity contribution in [2.75, 3.05) is 24.5 Å². The summed E-state index contributed by atoms with van der Waals surface area (Å²) >= 11 is 0. The molecule has 1 saturated heterocycles. The van der Waals surface area contributed by atoms with E-state index in [2.05, 4.69) is 5.32 Å². The zero-order valence-corrected chi connectivity index (χ0v) is 19.6. The third-order valence-corrected chi connectivity index (χ3v) is 6.81. The molecule has 0 aliphatic carbocycles. The van der Waals surface area contributed by atoms with Crippen LogP contribution in [0.15, 0.2) is 53.5 Å². The number of pyridine rings is 1. The van der Waals surface area contributed by atoms with E-state index >= 15 is 4.39 Å². The topological polar surface area (TPSA) is 110 Å². The molecular weight excluding hydrogens is 463 g/mol. The summed E-state index contributed by atoms with van der Waals surface area (Å²) in [5.74, 6) is -0.537. The van der Waals surface area contributed by atoms with Crippen LogP contribution in [0.1, 0.15) is 23.7 Å². The molecule has 3 heterocycles. The first-order valence-corrected chi connectivity index (χ1v) is 11.9. The first kappa shape index (κ1) is 22.5. The number of aliphatic hydroxyl groups excluding tert-OH is 1. The minimum Gasteiger partial charge on any atom is -0.451 e. The summed E-state index contributed by atoms with van der Waals surface area (Å²) in [4.78, 5) is 28.2. The van der Waals surface area contributed by atoms with E-state index in [9.17, 15) is 14.7 Å². The summed E-state index contributed by atoms with van der Waals surface area (Å²) in [5.41, 5.74) is 6.63. The molecule has 4 aromatic rings. The van der Waals surface area contributed by atoms with Gasteiger partial charge in [-0.25, -0.2) is 4.39 Å². The van der Waals surface area contributed by atoms with Crippen LogP contribution in [0.25, 0.3) is 27.4 Å². The van der Waals surface area contributed by atoms with E-state index in [1.807, 2.05) is 41.3 Å². The molecule has 0 bridgehead atoms. The van der Waals surface area contributed by atoms with Crippen molar-refractivity contribution in [1.82, 2.24) is 9.88 Å². The van der Waals surface area contributed by atoms with E-state index in [-0.39, 0.29) is 35.0 Å². The molecule has 8 nitrogen and oxygen atoms in total. The number of anilines is 1. The van der Waals surface area contributed by atoms with Gasteiger partial charge in [-0.2, -0.15) is 0 Å². The lowest BCUT2D eigenvalue weighted by molar-refractivity contribution is 0.0922. The van der Waals surface area contributed by atoms with Crippen LogP contribution in [0.5, 0.6) is 11.5 Å². The highest BCUT2D eigenvalue weighted by Crippen LogP contribution is 2.48. The van der Waals surface area contributed by atoms with Gasteiger partial charge in [0.05, 0.1) is 17.2 Å². The number of aliphatic hydroxyl groups is 1. The third kappa shape index (κ3) is 3.51. The average molecular weight is 489 g/mol. The second-order valence-corrected chi connectivity index (χ2v) is 9.50. The van der Waals surface area contributed by atoms with E-state index < -0.39 is 23.3 Å². The van der Waals surface area contributed by atoms with Gasteiger partial charge in [0.15, 0.2) is 17.3 Å². The number of rotatable bonds is 4. The largest absolute Gasteiger partial charge is 0.451 e. The van der Waals surface area contributed by atoms with Crippen LogP contribution in [0.3, 0.4) is 0 Å². The van der Waals surface area contributed by atoms with Crippen LogP contribution >= 0.6 is 0 Å². The summed E-state index contributed by atoms with van der Waals surface area (Å²) in [6.45, 7) is 2.54. The summed E-state index contributed by atoms with van der Waals surface area (Å²) < 4.78 is 23.7. The number of nitrogens with two attached hydrogens (primary N) is 1. The summed E-state index contributed by atoms with van der Waals surface area (Å²) in [6, 6.07) is 12.6. The van der Waals surface area contributed by atoms with Crippen molar-refractivity contribution in [2.45, 2.75) is 25.5 Å². The van der Waals surface area contributed by atoms with Crippen LogP contribution in [0.2, 0.25) is 0 Å². The second kappa shape index (κ2) is 8.32. The summed E-state index contributed by atoms with van der Waals surface area (Å²) in [6.07, 6.45) is 1.40. The number of amides is 1. The minimum atomic E-state index is -0.783. The molecule has 1 unspecified atom stereocenters. The van der Waals surface area contributed by atoms with Crippen LogP contribution in [-0.2, 0) is 0 Å². The molecule has 2 atom stereocenters. The van der Waals surface area contributed by atoms with Gasteiger partial charge >= 0.3 is 0 Å². The first-order chi connectivity index (χ1) is 17.3. The highest BCUT2D eigenvalue weighted by atomic mass is 19.1. The fourth-order valence-corrected chi connectivity index (χ4v) is 5.07. The molecule has 184 valence electrons. The average Bonchev–Trinajstić information content (AvgIpc) is 3.28. The fraction of sp³-hybridized carbons (Fsp3) is 0.259. The predicted octanol–water partition coefficient (Wildman–Crippen LogP) is 3.04. The van der Waals surface area contributed by atoms with Crippen molar-refractivity contribution in [3.05, 3.63) is 70.3 Å². The Hall–Kier alpha value is -3.95. The van der Waals surface area contributed by atoms with E-state index in [4.69, 9.17) is 10.5 Å². The molecule has 9 heteroatoms. The molecule has 4 N–H and O–H groups in total. The minimum absolute atomic E-state index is 0.0194. The molecule has 6 rings (SSSR count). The molecular formula is C27H25FN4O4. The first-order valence-electron chi connectivity index (χ1n) is 11.9. The van der Waals surface area contributed by atoms with Crippen molar-refractivity contribution in [3.8, 4) is 17.2 Å². The molecule has 2 aliphatic heterocycles. The van der Waals surface area contributed by atoms with Crippen LogP contribution in [-0.4, -0.2) is 47.4 Å². The lowest BCUT2D eigenvalue weighted by Gasteiger charge is -2.29. The van der Waals surface area contributed by atoms with Crippen LogP contribution in [0, 0.1) is 5.82 Å². The van der Waals surface area contributed by atoms with E-state index in [0.717, 1.165) is 10.8 Å². The molecule has 1 amide bonds. The quantitative estimate of drug-likeness (QED) is 0.359. The predicted molar refractivity (Wildman–Crippen MR) is 136 cm³/mol. The van der Waals surface area contributed by atoms with Crippen LogP contribution in [0.4, 0.5) is 10.1 Å². The summed E-state index contributed by atoms with van der Waals surface area (Å²) in [5, 5.41) is 14.1. The number of benzene rings is 3. The SMILES string of the molecule is C[C@@H](O)CNC(=O)c1cn2c3c(c(N4CCC(N)C4)c(F)cc3c1=O)Oc1cc3ccccc3cc1-2. The molecule has 3 aromatic carbocycles. The highest BCUT2D eigenvalue weighted by Gasteiger charge is 2.32. The standard InChI is InChI=1S/C27H25FN4O4/c1-14(33)11-30-27(35)19-13-32-21-8-15-4-2-3-5-16(15)9-22(21)36-26-23(32)18(25(19)34)10-20(28)24(26)31-7-6-17(29)12-31/h2-5,8-10,13-14,17,33H,6-7,11-12,29H2,1H3,(H,30,35)/t14-,17?/m1/s1. The molecule has 36 heavy (non-hydrogen) atoms. The normalized spacial score (nSPS) is 17.2. The van der Waals surface area contributed by atoms with Gasteiger partial charge in [-0.1, -0.05) is 24.3 Å². The molecule has 0 spiro atoms. The van der Waals surface area contributed by atoms with Gasteiger partial charge in [0.25, 0.3) is 5.91 Å². The van der Waals surface area contributed by atoms with E-state index in [1.165, 1.54) is 19.2 Å². The highest BCUT2D eigenvalue weighted by molar-refractivity contribution is 6.02. The number of nitrogens with one attached hydrogen (secondary N) is 1. The Kier molecular flexibility index (Phi) is 5.20. The van der Waals surface area contributed by atoms with Gasteiger partial charge in [-0.15, -0.1) is 0 Å². The smallest absolute Gasteiger partial charge is 0.256 e. The summed E-state index contributed by atoms with van der Waals surface area (Å²) in [7, 11) is 0. The van der Waals surface area contributed by atoms with Gasteiger partial charge in [0, 0.05) is 31.9 Å². The van der Waals surface area contributed by atoms with Crippen LogP contribution < -0.4 is 26.1 Å². The van der Waals surface area contributed by atoms with Crippen molar-refractivity contribution < 1.29 is 19.0 Å². The van der Waals surface area contributed by atoms with Gasteiger partial charge in [-0.3, -0.25) is 9.59 Å². The van der Waals surface area contributed by atoms with Crippen molar-refractivity contribution in [2.24, 2.45) is 5.73 Å². The second-order valence-electron chi connectivity index (χ2n) is 9.50. The number of hydrogen-bond donors (Lipinski definition) is 3.